The molecule has 0 bridgehead atoms. The monoisotopic (exact) mass is 370 g/mol. The summed E-state index contributed by atoms with van der Waals surface area (Å²) in [5.41, 5.74) is 4.02. The van der Waals surface area contributed by atoms with Gasteiger partial charge >= 0.3 is 0 Å². The number of hydrogen-bond acceptors (Lipinski definition) is 3. The van der Waals surface area contributed by atoms with Crippen LogP contribution in [0, 0.1) is 5.82 Å². The molecule has 136 valence electrons. The predicted octanol–water partition coefficient (Wildman–Crippen LogP) is 5.10. The van der Waals surface area contributed by atoms with E-state index in [1.807, 2.05) is 48.7 Å². The van der Waals surface area contributed by atoms with E-state index in [2.05, 4.69) is 11.1 Å². The SMILES string of the molecule is O=C1COc2ccc(-c3cnc4ccccc4c3)cc2N1c1ccc(F)cc1. The van der Waals surface area contributed by atoms with E-state index in [1.54, 1.807) is 17.0 Å². The fraction of sp³-hybridized carbons (Fsp3) is 0.0435. The van der Waals surface area contributed by atoms with E-state index in [0.717, 1.165) is 22.0 Å². The van der Waals surface area contributed by atoms with Crippen LogP contribution in [0.4, 0.5) is 15.8 Å². The van der Waals surface area contributed by atoms with Crippen LogP contribution in [0.3, 0.4) is 0 Å². The molecule has 1 aliphatic rings. The molecule has 0 aliphatic carbocycles. The van der Waals surface area contributed by atoms with E-state index < -0.39 is 0 Å². The van der Waals surface area contributed by atoms with E-state index in [1.165, 1.54) is 12.1 Å². The molecule has 1 amide bonds. The number of aromatic nitrogens is 1. The first kappa shape index (κ1) is 16.4. The van der Waals surface area contributed by atoms with E-state index in [9.17, 15) is 9.18 Å². The highest BCUT2D eigenvalue weighted by atomic mass is 19.1. The number of anilines is 2. The summed E-state index contributed by atoms with van der Waals surface area (Å²) in [6, 6.07) is 21.5. The Hall–Kier alpha value is -3.73. The Kier molecular flexibility index (Phi) is 3.79. The van der Waals surface area contributed by atoms with Gasteiger partial charge in [0.15, 0.2) is 6.61 Å². The highest BCUT2D eigenvalue weighted by Crippen LogP contribution is 2.40. The van der Waals surface area contributed by atoms with Gasteiger partial charge in [0.2, 0.25) is 0 Å². The Morgan fingerprint density at radius 3 is 2.61 bits per heavy atom. The maximum absolute atomic E-state index is 13.3. The lowest BCUT2D eigenvalue weighted by Crippen LogP contribution is -2.35. The lowest BCUT2D eigenvalue weighted by Gasteiger charge is -2.30. The summed E-state index contributed by atoms with van der Waals surface area (Å²) in [7, 11) is 0. The summed E-state index contributed by atoms with van der Waals surface area (Å²) in [5, 5.41) is 1.04. The second kappa shape index (κ2) is 6.46. The van der Waals surface area contributed by atoms with Crippen molar-refractivity contribution in [2.45, 2.75) is 0 Å². The van der Waals surface area contributed by atoms with E-state index in [0.29, 0.717) is 17.1 Å². The second-order valence-corrected chi connectivity index (χ2v) is 6.59. The van der Waals surface area contributed by atoms with E-state index in [-0.39, 0.29) is 18.3 Å². The smallest absolute Gasteiger partial charge is 0.269 e. The fourth-order valence-corrected chi connectivity index (χ4v) is 3.43. The van der Waals surface area contributed by atoms with Crippen molar-refractivity contribution < 1.29 is 13.9 Å². The third-order valence-corrected chi connectivity index (χ3v) is 4.81. The van der Waals surface area contributed by atoms with Crippen LogP contribution < -0.4 is 9.64 Å². The number of carbonyl (C=O) groups is 1. The van der Waals surface area contributed by atoms with E-state index >= 15 is 0 Å². The molecule has 0 spiro atoms. The molecular weight excluding hydrogens is 355 g/mol. The molecule has 1 aliphatic heterocycles. The molecule has 4 aromatic rings. The molecule has 0 saturated heterocycles. The number of nitrogens with zero attached hydrogens (tertiary/aromatic N) is 2. The van der Waals surface area contributed by atoms with Crippen molar-refractivity contribution in [1.29, 1.82) is 0 Å². The first-order valence-electron chi connectivity index (χ1n) is 8.89. The number of rotatable bonds is 2. The molecule has 0 N–H and O–H groups in total. The molecule has 5 heteroatoms. The standard InChI is InChI=1S/C23H15FN2O2/c24-18-6-8-19(9-7-18)26-21-12-15(5-10-22(21)28-14-23(26)27)17-11-16-3-1-2-4-20(16)25-13-17/h1-13H,14H2. The second-order valence-electron chi connectivity index (χ2n) is 6.59. The quantitative estimate of drug-likeness (QED) is 0.493. The highest BCUT2D eigenvalue weighted by Gasteiger charge is 2.27. The van der Waals surface area contributed by atoms with Gasteiger partial charge in [0.25, 0.3) is 5.91 Å². The van der Waals surface area contributed by atoms with Crippen LogP contribution in [-0.2, 0) is 4.79 Å². The Morgan fingerprint density at radius 1 is 0.929 bits per heavy atom. The van der Waals surface area contributed by atoms with Gasteiger partial charge in [0.1, 0.15) is 11.6 Å². The Labute approximate surface area is 160 Å². The molecule has 0 radical (unpaired) electrons. The third kappa shape index (κ3) is 2.77. The number of fused-ring (bicyclic) bond motifs is 2. The van der Waals surface area contributed by atoms with E-state index in [4.69, 9.17) is 4.74 Å². The number of benzene rings is 3. The van der Waals surface area contributed by atoms with Crippen molar-refractivity contribution in [2.75, 3.05) is 11.5 Å². The molecule has 3 aromatic carbocycles. The van der Waals surface area contributed by atoms with Crippen molar-refractivity contribution >= 4 is 28.2 Å². The number of pyridine rings is 1. The van der Waals surface area contributed by atoms with Gasteiger partial charge in [-0.2, -0.15) is 0 Å². The summed E-state index contributed by atoms with van der Waals surface area (Å²) in [5.74, 6) is 0.0648. The van der Waals surface area contributed by atoms with Gasteiger partial charge in [-0.3, -0.25) is 14.7 Å². The number of ether oxygens (including phenoxy) is 1. The van der Waals surface area contributed by atoms with Crippen LogP contribution in [0.1, 0.15) is 0 Å². The Bertz CT molecular complexity index is 1200. The third-order valence-electron chi connectivity index (χ3n) is 4.81. The summed E-state index contributed by atoms with van der Waals surface area (Å²) in [6.07, 6.45) is 1.82. The minimum atomic E-state index is -0.347. The molecular formula is C23H15FN2O2. The number of para-hydroxylation sites is 1. The van der Waals surface area contributed by atoms with Crippen LogP contribution in [0.15, 0.2) is 79.0 Å². The number of hydrogen-bond donors (Lipinski definition) is 0. The highest BCUT2D eigenvalue weighted by molar-refractivity contribution is 6.05. The summed E-state index contributed by atoms with van der Waals surface area (Å²) in [4.78, 5) is 18.6. The van der Waals surface area contributed by atoms with Crippen molar-refractivity contribution in [3.8, 4) is 16.9 Å². The first-order chi connectivity index (χ1) is 13.7. The summed E-state index contributed by atoms with van der Waals surface area (Å²) in [6.45, 7) is -0.0543. The Balaban J connectivity index is 1.63. The zero-order chi connectivity index (χ0) is 19.1. The largest absolute Gasteiger partial charge is 0.482 e. The molecule has 1 aromatic heterocycles. The normalized spacial score (nSPS) is 13.3. The lowest BCUT2D eigenvalue weighted by atomic mass is 10.0. The van der Waals surface area contributed by atoms with Crippen molar-refractivity contribution in [1.82, 2.24) is 4.98 Å². The summed E-state index contributed by atoms with van der Waals surface area (Å²) >= 11 is 0. The van der Waals surface area contributed by atoms with Crippen LogP contribution in [0.2, 0.25) is 0 Å². The molecule has 0 fully saturated rings. The van der Waals surface area contributed by atoms with Gasteiger partial charge < -0.3 is 4.74 Å². The number of amides is 1. The van der Waals surface area contributed by atoms with Crippen LogP contribution in [0.5, 0.6) is 5.75 Å². The molecule has 4 nitrogen and oxygen atoms in total. The molecule has 0 saturated carbocycles. The number of halogens is 1. The molecule has 0 atom stereocenters. The minimum absolute atomic E-state index is 0.0543. The van der Waals surface area contributed by atoms with Gasteiger partial charge in [-0.05, 0) is 54.1 Å². The maximum atomic E-state index is 13.3. The van der Waals surface area contributed by atoms with Crippen molar-refractivity contribution in [3.63, 3.8) is 0 Å². The Morgan fingerprint density at radius 2 is 1.75 bits per heavy atom. The van der Waals surface area contributed by atoms with Crippen molar-refractivity contribution in [3.05, 3.63) is 84.8 Å². The molecule has 2 heterocycles. The predicted molar refractivity (Wildman–Crippen MR) is 106 cm³/mol. The van der Waals surface area contributed by atoms with Crippen LogP contribution >= 0.6 is 0 Å². The van der Waals surface area contributed by atoms with Gasteiger partial charge in [0.05, 0.1) is 11.2 Å². The zero-order valence-electron chi connectivity index (χ0n) is 14.8. The lowest BCUT2D eigenvalue weighted by molar-refractivity contribution is -0.120. The molecule has 5 rings (SSSR count). The topological polar surface area (TPSA) is 42.4 Å². The zero-order valence-corrected chi connectivity index (χ0v) is 14.8. The maximum Gasteiger partial charge on any atom is 0.269 e. The van der Waals surface area contributed by atoms with Gasteiger partial charge in [-0.1, -0.05) is 24.3 Å². The van der Waals surface area contributed by atoms with Gasteiger partial charge in [-0.25, -0.2) is 4.39 Å². The van der Waals surface area contributed by atoms with Gasteiger partial charge in [-0.15, -0.1) is 0 Å². The average molecular weight is 370 g/mol. The molecule has 0 unspecified atom stereocenters. The number of carbonyl (C=O) groups excluding carboxylic acids is 1. The average Bonchev–Trinajstić information content (AvgIpc) is 2.74. The molecule has 28 heavy (non-hydrogen) atoms. The fourth-order valence-electron chi connectivity index (χ4n) is 3.43. The van der Waals surface area contributed by atoms with Crippen LogP contribution in [-0.4, -0.2) is 17.5 Å². The van der Waals surface area contributed by atoms with Crippen LogP contribution in [0.25, 0.3) is 22.0 Å². The van der Waals surface area contributed by atoms with Crippen molar-refractivity contribution in [2.24, 2.45) is 0 Å². The minimum Gasteiger partial charge on any atom is -0.482 e. The van der Waals surface area contributed by atoms with Gasteiger partial charge in [0, 0.05) is 22.8 Å². The first-order valence-corrected chi connectivity index (χ1v) is 8.89. The summed E-state index contributed by atoms with van der Waals surface area (Å²) < 4.78 is 18.9.